The minimum Gasteiger partial charge on any atom is -0.328 e. The lowest BCUT2D eigenvalue weighted by atomic mass is 10.0. The molecule has 0 fully saturated rings. The van der Waals surface area contributed by atoms with Crippen LogP contribution in [0.25, 0.3) is 0 Å². The fourth-order valence-electron chi connectivity index (χ4n) is 9.51. The summed E-state index contributed by atoms with van der Waals surface area (Å²) in [7, 11) is -1.68. The Morgan fingerprint density at radius 3 is 0.435 bits per heavy atom. The minimum absolute atomic E-state index is 0.640. The molecular weight excluding hydrogens is 776 g/mol. The van der Waals surface area contributed by atoms with Crippen LogP contribution in [-0.4, -0.2) is 18.1 Å². The molecule has 0 aliphatic carbocycles. The molecule has 0 heterocycles. The van der Waals surface area contributed by atoms with Gasteiger partial charge in [0.2, 0.25) is 0 Å². The van der Waals surface area contributed by atoms with Crippen LogP contribution in [0.15, 0.2) is 0 Å². The highest BCUT2D eigenvalue weighted by molar-refractivity contribution is 7.40. The van der Waals surface area contributed by atoms with Gasteiger partial charge in [0, 0.05) is 0 Å². The highest BCUT2D eigenvalue weighted by Gasteiger charge is 2.06. The molecule has 0 radical (unpaired) electrons. The van der Waals surface area contributed by atoms with E-state index in [-0.39, 0.29) is 0 Å². The molecule has 374 valence electrons. The maximum Gasteiger partial charge on any atom is 0.329 e. The first-order chi connectivity index (χ1) is 30.8. The molecule has 0 spiro atoms. The van der Waals surface area contributed by atoms with Gasteiger partial charge >= 0.3 is 8.60 Å². The van der Waals surface area contributed by atoms with Crippen molar-refractivity contribution in [3.05, 3.63) is 0 Å². The van der Waals surface area contributed by atoms with Gasteiger partial charge in [0.15, 0.2) is 0 Å². The van der Waals surface area contributed by atoms with E-state index < -0.39 is 8.60 Å². The zero-order chi connectivity index (χ0) is 44.6. The van der Waals surface area contributed by atoms with Crippen molar-refractivity contribution >= 4 is 8.60 Å². The zero-order valence-electron chi connectivity index (χ0n) is 43.3. The molecule has 4 heteroatoms. The second-order valence-corrected chi connectivity index (χ2v) is 21.3. The second-order valence-electron chi connectivity index (χ2n) is 20.3. The van der Waals surface area contributed by atoms with Crippen molar-refractivity contribution in [3.8, 4) is 0 Å². The third kappa shape index (κ3) is 58.3. The lowest BCUT2D eigenvalue weighted by molar-refractivity contribution is 0.193. The molecular formula is C58H119O3P. The van der Waals surface area contributed by atoms with Gasteiger partial charge in [-0.1, -0.05) is 348 Å². The molecule has 0 aliphatic rings. The van der Waals surface area contributed by atoms with E-state index in [4.69, 9.17) is 9.05 Å². The van der Waals surface area contributed by atoms with Gasteiger partial charge in [-0.25, -0.2) is 0 Å². The average molecular weight is 896 g/mol. The van der Waals surface area contributed by atoms with E-state index in [9.17, 15) is 4.89 Å². The third-order valence-corrected chi connectivity index (χ3v) is 14.7. The van der Waals surface area contributed by atoms with E-state index in [2.05, 4.69) is 13.8 Å². The van der Waals surface area contributed by atoms with Crippen LogP contribution in [0.3, 0.4) is 0 Å². The number of rotatable bonds is 58. The Morgan fingerprint density at radius 2 is 0.306 bits per heavy atom. The predicted octanol–water partition coefficient (Wildman–Crippen LogP) is 22.3. The maximum absolute atomic E-state index is 10.1. The number of unbranched alkanes of at least 4 members (excludes halogenated alkanes) is 52. The Balaban J connectivity index is 3.14. The van der Waals surface area contributed by atoms with Crippen molar-refractivity contribution in [1.29, 1.82) is 0 Å². The summed E-state index contributed by atoms with van der Waals surface area (Å²) in [4.78, 5) is 10.1. The molecule has 0 amide bonds. The molecule has 0 saturated heterocycles. The van der Waals surface area contributed by atoms with Crippen molar-refractivity contribution in [3.63, 3.8) is 0 Å². The standard InChI is InChI=1S/C58H119O3P/c1-3-5-7-9-11-13-15-17-19-21-23-25-27-29-31-33-35-37-39-41-43-45-47-49-51-53-55-57-60-62(59)61-58-56-54-52-50-48-46-44-42-40-38-36-34-32-30-28-26-24-22-20-18-16-14-12-10-8-6-4-2/h59H,3-58H2,1-2H3. The largest absolute Gasteiger partial charge is 0.329 e. The molecule has 0 unspecified atom stereocenters. The fraction of sp³-hybridized carbons (Fsp3) is 1.00. The first-order valence-electron chi connectivity index (χ1n) is 29.6. The summed E-state index contributed by atoms with van der Waals surface area (Å²) < 4.78 is 11.1. The van der Waals surface area contributed by atoms with E-state index >= 15 is 0 Å². The van der Waals surface area contributed by atoms with Crippen LogP contribution in [-0.2, 0) is 9.05 Å². The molecule has 0 saturated carbocycles. The molecule has 62 heavy (non-hydrogen) atoms. The third-order valence-electron chi connectivity index (χ3n) is 13.9. The summed E-state index contributed by atoms with van der Waals surface area (Å²) >= 11 is 0. The Bertz CT molecular complexity index is 688. The van der Waals surface area contributed by atoms with Crippen LogP contribution in [0.1, 0.15) is 361 Å². The van der Waals surface area contributed by atoms with Crippen LogP contribution < -0.4 is 0 Å². The average Bonchev–Trinajstić information content (AvgIpc) is 3.28. The van der Waals surface area contributed by atoms with Gasteiger partial charge in [0.1, 0.15) is 0 Å². The highest BCUT2D eigenvalue weighted by Crippen LogP contribution is 2.33. The molecule has 0 atom stereocenters. The molecule has 0 rings (SSSR count). The topological polar surface area (TPSA) is 38.7 Å². The van der Waals surface area contributed by atoms with Crippen molar-refractivity contribution < 1.29 is 13.9 Å². The SMILES string of the molecule is CCCCCCCCCCCCCCCCCCCCCCCCCCCCCOP(O)OCCCCCCCCCCCCCCCCCCCCCCCCCCCCC. The van der Waals surface area contributed by atoms with E-state index in [1.165, 1.54) is 334 Å². The van der Waals surface area contributed by atoms with Crippen LogP contribution in [0.2, 0.25) is 0 Å². The smallest absolute Gasteiger partial charge is 0.328 e. The lowest BCUT2D eigenvalue weighted by Gasteiger charge is -2.10. The Morgan fingerprint density at radius 1 is 0.194 bits per heavy atom. The first kappa shape index (κ1) is 62.3. The molecule has 0 aromatic carbocycles. The lowest BCUT2D eigenvalue weighted by Crippen LogP contribution is -1.95. The summed E-state index contributed by atoms with van der Waals surface area (Å²) in [6.45, 7) is 5.89. The Kier molecular flexibility index (Phi) is 59.6. The van der Waals surface area contributed by atoms with Crippen LogP contribution in [0.5, 0.6) is 0 Å². The Labute approximate surface area is 394 Å². The van der Waals surface area contributed by atoms with Crippen LogP contribution in [0, 0.1) is 0 Å². The summed E-state index contributed by atoms with van der Waals surface area (Å²) in [5.74, 6) is 0. The van der Waals surface area contributed by atoms with Gasteiger partial charge in [-0.05, 0) is 12.8 Å². The van der Waals surface area contributed by atoms with Gasteiger partial charge in [0.25, 0.3) is 0 Å². The monoisotopic (exact) mass is 895 g/mol. The van der Waals surface area contributed by atoms with E-state index in [1.54, 1.807) is 0 Å². The second kappa shape index (κ2) is 59.3. The van der Waals surface area contributed by atoms with Gasteiger partial charge in [-0.2, -0.15) is 0 Å². The quantitative estimate of drug-likeness (QED) is 0.0488. The Hall–Kier alpha value is 0.310. The van der Waals surface area contributed by atoms with Crippen LogP contribution >= 0.6 is 8.60 Å². The molecule has 3 nitrogen and oxygen atoms in total. The summed E-state index contributed by atoms with van der Waals surface area (Å²) in [6.07, 6.45) is 76.7. The van der Waals surface area contributed by atoms with Crippen molar-refractivity contribution in [2.24, 2.45) is 0 Å². The highest BCUT2D eigenvalue weighted by atomic mass is 31.2. The summed E-state index contributed by atoms with van der Waals surface area (Å²) in [5, 5.41) is 0. The van der Waals surface area contributed by atoms with Crippen LogP contribution in [0.4, 0.5) is 0 Å². The molecule has 1 N–H and O–H groups in total. The molecule has 0 aromatic heterocycles. The normalized spacial score (nSPS) is 11.8. The van der Waals surface area contributed by atoms with Crippen molar-refractivity contribution in [2.45, 2.75) is 361 Å². The van der Waals surface area contributed by atoms with E-state index in [0.717, 1.165) is 12.8 Å². The molecule has 0 aromatic rings. The van der Waals surface area contributed by atoms with Crippen molar-refractivity contribution in [1.82, 2.24) is 0 Å². The zero-order valence-corrected chi connectivity index (χ0v) is 44.2. The molecule has 0 bridgehead atoms. The van der Waals surface area contributed by atoms with Gasteiger partial charge < -0.3 is 13.9 Å². The minimum atomic E-state index is -1.68. The van der Waals surface area contributed by atoms with E-state index in [0.29, 0.717) is 13.2 Å². The van der Waals surface area contributed by atoms with Crippen molar-refractivity contribution in [2.75, 3.05) is 13.2 Å². The first-order valence-corrected chi connectivity index (χ1v) is 30.7. The molecule has 0 aliphatic heterocycles. The fourth-order valence-corrected chi connectivity index (χ4v) is 10.2. The van der Waals surface area contributed by atoms with Gasteiger partial charge in [-0.15, -0.1) is 0 Å². The number of hydrogen-bond acceptors (Lipinski definition) is 3. The summed E-state index contributed by atoms with van der Waals surface area (Å²) in [5.41, 5.74) is 0. The van der Waals surface area contributed by atoms with Gasteiger partial charge in [-0.3, -0.25) is 0 Å². The predicted molar refractivity (Wildman–Crippen MR) is 282 cm³/mol. The van der Waals surface area contributed by atoms with Gasteiger partial charge in [0.05, 0.1) is 13.2 Å². The van der Waals surface area contributed by atoms with E-state index in [1.807, 2.05) is 0 Å². The summed E-state index contributed by atoms with van der Waals surface area (Å²) in [6, 6.07) is 0. The number of hydrogen-bond donors (Lipinski definition) is 1. The maximum atomic E-state index is 10.1.